The van der Waals surface area contributed by atoms with Crippen LogP contribution in [0.2, 0.25) is 0 Å². The molecule has 0 spiro atoms. The molecular formula is C21H28N4O5. The average Bonchev–Trinajstić information content (AvgIpc) is 3.08. The summed E-state index contributed by atoms with van der Waals surface area (Å²) in [5.74, 6) is -0.912. The first-order valence-corrected chi connectivity index (χ1v) is 10.5. The van der Waals surface area contributed by atoms with Crippen molar-refractivity contribution >= 4 is 23.6 Å². The van der Waals surface area contributed by atoms with Crippen LogP contribution in [0.1, 0.15) is 24.0 Å². The van der Waals surface area contributed by atoms with E-state index in [9.17, 15) is 14.4 Å². The molecule has 0 saturated carbocycles. The summed E-state index contributed by atoms with van der Waals surface area (Å²) in [5, 5.41) is 0.606. The van der Waals surface area contributed by atoms with Gasteiger partial charge in [-0.15, -0.1) is 5.06 Å². The fraction of sp³-hybridized carbons (Fsp3) is 0.571. The maximum atomic E-state index is 12.3. The van der Waals surface area contributed by atoms with Gasteiger partial charge in [-0.3, -0.25) is 14.5 Å². The van der Waals surface area contributed by atoms with Crippen molar-refractivity contribution in [3.63, 3.8) is 0 Å². The molecule has 0 aliphatic carbocycles. The van der Waals surface area contributed by atoms with Crippen LogP contribution in [0, 0.1) is 6.92 Å². The van der Waals surface area contributed by atoms with Gasteiger partial charge in [-0.25, -0.2) is 4.79 Å². The molecule has 3 fully saturated rings. The van der Waals surface area contributed by atoms with Gasteiger partial charge in [0, 0.05) is 64.3 Å². The summed E-state index contributed by atoms with van der Waals surface area (Å²) in [7, 11) is 0. The Morgan fingerprint density at radius 2 is 1.67 bits per heavy atom. The molecule has 0 aromatic heterocycles. The maximum Gasteiger partial charge on any atom is 0.434 e. The molecule has 0 unspecified atom stereocenters. The highest BCUT2D eigenvalue weighted by Crippen LogP contribution is 2.25. The zero-order valence-electron chi connectivity index (χ0n) is 17.3. The lowest BCUT2D eigenvalue weighted by Gasteiger charge is -2.35. The number of anilines is 1. The smallest absolute Gasteiger partial charge is 0.378 e. The van der Waals surface area contributed by atoms with Gasteiger partial charge >= 0.3 is 6.09 Å². The number of rotatable bonds is 4. The van der Waals surface area contributed by atoms with Crippen LogP contribution < -0.4 is 4.90 Å². The molecule has 30 heavy (non-hydrogen) atoms. The number of piperazine rings is 1. The van der Waals surface area contributed by atoms with Crippen LogP contribution in [0.5, 0.6) is 0 Å². The number of carbonyl (C=O) groups is 3. The van der Waals surface area contributed by atoms with Crippen LogP contribution >= 0.6 is 0 Å². The molecule has 3 amide bonds. The van der Waals surface area contributed by atoms with Gasteiger partial charge in [-0.2, -0.15) is 0 Å². The van der Waals surface area contributed by atoms with Crippen LogP contribution in [0.3, 0.4) is 0 Å². The molecule has 9 nitrogen and oxygen atoms in total. The second kappa shape index (κ2) is 9.01. The minimum Gasteiger partial charge on any atom is -0.378 e. The number of benzene rings is 1. The number of ether oxygens (including phenoxy) is 1. The highest BCUT2D eigenvalue weighted by atomic mass is 16.7. The summed E-state index contributed by atoms with van der Waals surface area (Å²) in [6.07, 6.45) is -0.436. The Morgan fingerprint density at radius 1 is 1.00 bits per heavy atom. The monoisotopic (exact) mass is 416 g/mol. The van der Waals surface area contributed by atoms with Crippen LogP contribution in [-0.4, -0.2) is 85.3 Å². The van der Waals surface area contributed by atoms with Gasteiger partial charge in [0.1, 0.15) is 0 Å². The fourth-order valence-corrected chi connectivity index (χ4v) is 4.11. The predicted molar refractivity (Wildman–Crippen MR) is 109 cm³/mol. The molecular weight excluding hydrogens is 388 g/mol. The Labute approximate surface area is 176 Å². The van der Waals surface area contributed by atoms with Crippen molar-refractivity contribution in [2.45, 2.75) is 26.3 Å². The second-order valence-corrected chi connectivity index (χ2v) is 7.86. The van der Waals surface area contributed by atoms with Gasteiger partial charge in [-0.05, 0) is 24.1 Å². The van der Waals surface area contributed by atoms with E-state index in [1.165, 1.54) is 16.8 Å². The summed E-state index contributed by atoms with van der Waals surface area (Å²) >= 11 is 0. The molecule has 0 atom stereocenters. The highest BCUT2D eigenvalue weighted by Gasteiger charge is 2.34. The quantitative estimate of drug-likeness (QED) is 0.681. The maximum absolute atomic E-state index is 12.3. The number of morpholine rings is 1. The predicted octanol–water partition coefficient (Wildman–Crippen LogP) is 1.15. The van der Waals surface area contributed by atoms with Crippen molar-refractivity contribution in [3.05, 3.63) is 29.3 Å². The minimum atomic E-state index is -0.635. The largest absolute Gasteiger partial charge is 0.434 e. The molecule has 0 N–H and O–H groups in total. The molecule has 0 radical (unpaired) electrons. The summed E-state index contributed by atoms with van der Waals surface area (Å²) in [5.41, 5.74) is 3.83. The number of carbonyl (C=O) groups excluding carboxylic acids is 3. The Hall–Kier alpha value is -2.65. The van der Waals surface area contributed by atoms with Gasteiger partial charge in [0.15, 0.2) is 0 Å². The van der Waals surface area contributed by atoms with Crippen LogP contribution in [0.25, 0.3) is 0 Å². The van der Waals surface area contributed by atoms with E-state index in [2.05, 4.69) is 34.9 Å². The van der Waals surface area contributed by atoms with E-state index in [-0.39, 0.29) is 12.8 Å². The van der Waals surface area contributed by atoms with Crippen molar-refractivity contribution in [3.8, 4) is 0 Å². The number of hydrogen-bond acceptors (Lipinski definition) is 7. The summed E-state index contributed by atoms with van der Waals surface area (Å²) in [4.78, 5) is 46.8. The van der Waals surface area contributed by atoms with E-state index in [0.717, 1.165) is 32.8 Å². The number of amides is 3. The summed E-state index contributed by atoms with van der Waals surface area (Å²) < 4.78 is 5.46. The van der Waals surface area contributed by atoms with Crippen LogP contribution in [0.15, 0.2) is 18.2 Å². The molecule has 3 heterocycles. The number of nitrogens with zero attached hydrogens (tertiary/aromatic N) is 4. The molecule has 4 rings (SSSR count). The first kappa shape index (κ1) is 20.6. The molecule has 3 aliphatic rings. The van der Waals surface area contributed by atoms with Crippen molar-refractivity contribution < 1.29 is 24.0 Å². The lowest BCUT2D eigenvalue weighted by Crippen LogP contribution is -2.50. The average molecular weight is 416 g/mol. The van der Waals surface area contributed by atoms with Gasteiger partial charge < -0.3 is 19.4 Å². The number of hydrogen-bond donors (Lipinski definition) is 0. The van der Waals surface area contributed by atoms with Crippen LogP contribution in [-0.2, 0) is 25.7 Å². The third-order valence-electron chi connectivity index (χ3n) is 5.97. The van der Waals surface area contributed by atoms with E-state index in [1.54, 1.807) is 4.90 Å². The lowest BCUT2D eigenvalue weighted by atomic mass is 10.0. The van der Waals surface area contributed by atoms with E-state index in [1.807, 2.05) is 0 Å². The Kier molecular flexibility index (Phi) is 6.19. The standard InChI is InChI=1S/C21H28N4O5/c1-16-17(3-2-4-18(16)23-11-13-29-14-12-23)15-22-7-9-24(10-8-22)21(28)30-25-19(26)5-6-20(25)27/h2-4H,5-15H2,1H3. The Balaban J connectivity index is 1.31. The molecule has 162 valence electrons. The normalized spacial score (nSPS) is 20.8. The van der Waals surface area contributed by atoms with Gasteiger partial charge in [0.25, 0.3) is 11.8 Å². The first-order valence-electron chi connectivity index (χ1n) is 10.5. The number of imide groups is 1. The van der Waals surface area contributed by atoms with Crippen molar-refractivity contribution in [2.75, 3.05) is 57.4 Å². The molecule has 0 bridgehead atoms. The number of hydroxylamine groups is 2. The highest BCUT2D eigenvalue weighted by molar-refractivity contribution is 6.01. The van der Waals surface area contributed by atoms with E-state index < -0.39 is 17.9 Å². The zero-order valence-corrected chi connectivity index (χ0v) is 17.3. The van der Waals surface area contributed by atoms with Gasteiger partial charge in [-0.1, -0.05) is 12.1 Å². The third-order valence-corrected chi connectivity index (χ3v) is 5.97. The van der Waals surface area contributed by atoms with E-state index in [0.29, 0.717) is 31.2 Å². The van der Waals surface area contributed by atoms with Gasteiger partial charge in [0.05, 0.1) is 13.2 Å². The van der Waals surface area contributed by atoms with Crippen molar-refractivity contribution in [1.82, 2.24) is 14.9 Å². The topological polar surface area (TPSA) is 82.6 Å². The fourth-order valence-electron chi connectivity index (χ4n) is 4.11. The van der Waals surface area contributed by atoms with Crippen LogP contribution in [0.4, 0.5) is 10.5 Å². The van der Waals surface area contributed by atoms with Crippen molar-refractivity contribution in [1.29, 1.82) is 0 Å². The molecule has 9 heteroatoms. The Morgan fingerprint density at radius 3 is 2.33 bits per heavy atom. The second-order valence-electron chi connectivity index (χ2n) is 7.86. The zero-order chi connectivity index (χ0) is 21.1. The van der Waals surface area contributed by atoms with Crippen molar-refractivity contribution in [2.24, 2.45) is 0 Å². The molecule has 1 aromatic rings. The molecule has 3 aliphatic heterocycles. The SMILES string of the molecule is Cc1c(CN2CCN(C(=O)ON3C(=O)CCC3=O)CC2)cccc1N1CCOCC1. The first-order chi connectivity index (χ1) is 14.5. The summed E-state index contributed by atoms with van der Waals surface area (Å²) in [6.45, 7) is 8.73. The van der Waals surface area contributed by atoms with E-state index >= 15 is 0 Å². The van der Waals surface area contributed by atoms with E-state index in [4.69, 9.17) is 9.57 Å². The minimum absolute atomic E-state index is 0.1000. The van der Waals surface area contributed by atoms with Gasteiger partial charge in [0.2, 0.25) is 0 Å². The lowest BCUT2D eigenvalue weighted by molar-refractivity contribution is -0.174. The molecule has 3 saturated heterocycles. The third kappa shape index (κ3) is 4.41. The Bertz CT molecular complexity index is 800. The summed E-state index contributed by atoms with van der Waals surface area (Å²) in [6, 6.07) is 6.42. The molecule has 1 aromatic carbocycles.